The normalized spacial score (nSPS) is 10.6. The van der Waals surface area contributed by atoms with Crippen LogP contribution in [0.3, 0.4) is 0 Å². The number of carboxylic acids is 1. The summed E-state index contributed by atoms with van der Waals surface area (Å²) >= 11 is 2.53. The van der Waals surface area contributed by atoms with Crippen LogP contribution in [0.5, 0.6) is 0 Å². The van der Waals surface area contributed by atoms with Crippen LogP contribution in [0.25, 0.3) is 0 Å². The molecule has 0 saturated carbocycles. The van der Waals surface area contributed by atoms with Gasteiger partial charge < -0.3 is 5.11 Å². The summed E-state index contributed by atoms with van der Waals surface area (Å²) in [5.74, 6) is -0.978. The van der Waals surface area contributed by atoms with E-state index in [4.69, 9.17) is 0 Å². The summed E-state index contributed by atoms with van der Waals surface area (Å²) in [6, 6.07) is 0. The second-order valence-electron chi connectivity index (χ2n) is 3.62. The molecule has 2 rings (SSSR count). The first-order chi connectivity index (χ1) is 9.17. The van der Waals surface area contributed by atoms with Crippen LogP contribution in [0.1, 0.15) is 35.5 Å². The van der Waals surface area contributed by atoms with Crippen LogP contribution >= 0.6 is 23.1 Å². The minimum Gasteiger partial charge on any atom is -0.478 e. The average Bonchev–Trinajstić information content (AvgIpc) is 2.90. The number of nitrogens with zero attached hydrogens (tertiary/aromatic N) is 4. The van der Waals surface area contributed by atoms with Crippen molar-refractivity contribution >= 4 is 29.1 Å². The van der Waals surface area contributed by atoms with Gasteiger partial charge in [-0.3, -0.25) is 0 Å². The van der Waals surface area contributed by atoms with Crippen molar-refractivity contribution in [3.8, 4) is 0 Å². The molecule has 0 aromatic carbocycles. The molecule has 0 saturated heterocycles. The third-order valence-electron chi connectivity index (χ3n) is 2.55. The Kier molecular flexibility index (Phi) is 4.43. The molecule has 2 heterocycles. The lowest BCUT2D eigenvalue weighted by Gasteiger charge is -2.10. The number of aromatic carboxylic acids is 1. The maximum Gasteiger partial charge on any atom is 0.338 e. The molecule has 0 aliphatic rings. The number of hydrogen-bond acceptors (Lipinski definition) is 7. The Hall–Kier alpha value is -1.54. The highest BCUT2D eigenvalue weighted by Gasteiger charge is 2.21. The molecule has 2 aromatic heterocycles. The van der Waals surface area contributed by atoms with Crippen molar-refractivity contribution in [3.63, 3.8) is 0 Å². The van der Waals surface area contributed by atoms with Crippen LogP contribution in [0.2, 0.25) is 0 Å². The van der Waals surface area contributed by atoms with Gasteiger partial charge in [0.05, 0.1) is 11.3 Å². The first kappa shape index (κ1) is 13.9. The van der Waals surface area contributed by atoms with Crippen molar-refractivity contribution in [2.45, 2.75) is 36.1 Å². The summed E-state index contributed by atoms with van der Waals surface area (Å²) < 4.78 is 0.656. The Labute approximate surface area is 118 Å². The molecule has 0 fully saturated rings. The molecule has 0 amide bonds. The number of aromatic nitrogens is 4. The van der Waals surface area contributed by atoms with Crippen LogP contribution in [-0.4, -0.2) is 31.5 Å². The molecule has 0 spiro atoms. The summed E-state index contributed by atoms with van der Waals surface area (Å²) in [5, 5.41) is 25.5. The highest BCUT2D eigenvalue weighted by atomic mass is 32.2. The van der Waals surface area contributed by atoms with Gasteiger partial charge in [-0.1, -0.05) is 25.2 Å². The van der Waals surface area contributed by atoms with Crippen molar-refractivity contribution in [1.29, 1.82) is 0 Å². The Morgan fingerprint density at radius 1 is 1.32 bits per heavy atom. The van der Waals surface area contributed by atoms with Crippen molar-refractivity contribution in [1.82, 2.24) is 20.4 Å². The maximum absolute atomic E-state index is 11.5. The first-order valence-electron chi connectivity index (χ1n) is 5.73. The minimum atomic E-state index is -0.978. The zero-order chi connectivity index (χ0) is 13.8. The van der Waals surface area contributed by atoms with E-state index in [1.807, 2.05) is 13.8 Å². The molecule has 8 heteroatoms. The Bertz CT molecular complexity index is 587. The third kappa shape index (κ3) is 2.90. The quantitative estimate of drug-likeness (QED) is 0.905. The second-order valence-corrected chi connectivity index (χ2v) is 5.69. The van der Waals surface area contributed by atoms with E-state index < -0.39 is 5.97 Å². The molecule has 100 valence electrons. The molecule has 0 aliphatic carbocycles. The Balaban J connectivity index is 2.51. The molecular weight excluding hydrogens is 284 g/mol. The van der Waals surface area contributed by atoms with Gasteiger partial charge in [0.1, 0.15) is 10.5 Å². The summed E-state index contributed by atoms with van der Waals surface area (Å²) in [6.07, 6.45) is 1.28. The second kappa shape index (κ2) is 6.07. The van der Waals surface area contributed by atoms with E-state index in [0.717, 1.165) is 11.3 Å². The zero-order valence-electron chi connectivity index (χ0n) is 10.5. The fourth-order valence-corrected chi connectivity index (χ4v) is 3.22. The predicted octanol–water partition coefficient (Wildman–Crippen LogP) is 2.30. The van der Waals surface area contributed by atoms with E-state index in [9.17, 15) is 9.90 Å². The van der Waals surface area contributed by atoms with E-state index in [1.165, 1.54) is 23.1 Å². The Morgan fingerprint density at radius 3 is 2.63 bits per heavy atom. The number of carbonyl (C=O) groups is 1. The van der Waals surface area contributed by atoms with Gasteiger partial charge in [0, 0.05) is 0 Å². The van der Waals surface area contributed by atoms with E-state index in [-0.39, 0.29) is 5.56 Å². The van der Waals surface area contributed by atoms with Gasteiger partial charge in [0.25, 0.3) is 0 Å². The van der Waals surface area contributed by atoms with Gasteiger partial charge in [-0.05, 0) is 30.2 Å². The Morgan fingerprint density at radius 2 is 2.11 bits per heavy atom. The molecule has 0 unspecified atom stereocenters. The molecule has 19 heavy (non-hydrogen) atoms. The van der Waals surface area contributed by atoms with Crippen molar-refractivity contribution in [3.05, 3.63) is 22.3 Å². The standard InChI is InChI=1S/C11H12N4O2S2/c1-3-6-7(4-2)13-14-9(8(6)10(16)17)19-11-15-12-5-18-11/h5H,3-4H2,1-2H3,(H,16,17). The average molecular weight is 296 g/mol. The summed E-state index contributed by atoms with van der Waals surface area (Å²) in [7, 11) is 0. The van der Waals surface area contributed by atoms with Crippen LogP contribution in [0, 0.1) is 0 Å². The fourth-order valence-electron chi connectivity index (χ4n) is 1.74. The van der Waals surface area contributed by atoms with Crippen LogP contribution in [0.15, 0.2) is 14.9 Å². The highest BCUT2D eigenvalue weighted by molar-refractivity contribution is 8.01. The SMILES string of the molecule is CCc1nnc(Sc2nncs2)c(C(=O)O)c1CC. The maximum atomic E-state index is 11.5. The van der Waals surface area contributed by atoms with Crippen molar-refractivity contribution in [2.75, 3.05) is 0 Å². The van der Waals surface area contributed by atoms with E-state index >= 15 is 0 Å². The van der Waals surface area contributed by atoms with E-state index in [2.05, 4.69) is 20.4 Å². The lowest BCUT2D eigenvalue weighted by molar-refractivity contribution is 0.0690. The topological polar surface area (TPSA) is 88.9 Å². The van der Waals surface area contributed by atoms with Crippen LogP contribution < -0.4 is 0 Å². The summed E-state index contributed by atoms with van der Waals surface area (Å²) in [4.78, 5) is 11.5. The van der Waals surface area contributed by atoms with Gasteiger partial charge in [-0.25, -0.2) is 4.79 Å². The molecule has 0 bridgehead atoms. The number of carboxylic acid groups (broad SMARTS) is 1. The van der Waals surface area contributed by atoms with Gasteiger partial charge in [-0.15, -0.1) is 15.3 Å². The molecule has 0 atom stereocenters. The fraction of sp³-hybridized carbons (Fsp3) is 0.364. The van der Waals surface area contributed by atoms with Crippen molar-refractivity contribution < 1.29 is 9.90 Å². The molecule has 1 N–H and O–H groups in total. The number of hydrogen-bond donors (Lipinski definition) is 1. The molecule has 2 aromatic rings. The van der Waals surface area contributed by atoms with Crippen molar-refractivity contribution in [2.24, 2.45) is 0 Å². The van der Waals surface area contributed by atoms with Crippen LogP contribution in [0.4, 0.5) is 0 Å². The summed E-state index contributed by atoms with van der Waals surface area (Å²) in [6.45, 7) is 3.86. The monoisotopic (exact) mass is 296 g/mol. The van der Waals surface area contributed by atoms with Gasteiger partial charge in [0.2, 0.25) is 0 Å². The third-order valence-corrected chi connectivity index (χ3v) is 4.31. The molecular formula is C11H12N4O2S2. The van der Waals surface area contributed by atoms with E-state index in [0.29, 0.717) is 22.2 Å². The highest BCUT2D eigenvalue weighted by Crippen LogP contribution is 2.31. The number of rotatable bonds is 5. The molecule has 0 aliphatic heterocycles. The largest absolute Gasteiger partial charge is 0.478 e. The zero-order valence-corrected chi connectivity index (χ0v) is 12.1. The predicted molar refractivity (Wildman–Crippen MR) is 71.8 cm³/mol. The van der Waals surface area contributed by atoms with E-state index in [1.54, 1.807) is 5.51 Å². The van der Waals surface area contributed by atoms with Gasteiger partial charge >= 0.3 is 5.97 Å². The van der Waals surface area contributed by atoms with Gasteiger partial charge in [0.15, 0.2) is 4.34 Å². The first-order valence-corrected chi connectivity index (χ1v) is 7.42. The summed E-state index contributed by atoms with van der Waals surface area (Å²) in [5.41, 5.74) is 3.31. The molecule has 0 radical (unpaired) electrons. The molecule has 6 nitrogen and oxygen atoms in total. The lowest BCUT2D eigenvalue weighted by Crippen LogP contribution is -2.11. The van der Waals surface area contributed by atoms with Gasteiger partial charge in [-0.2, -0.15) is 5.10 Å². The minimum absolute atomic E-state index is 0.231. The lowest BCUT2D eigenvalue weighted by atomic mass is 10.0. The number of aryl methyl sites for hydroxylation is 1. The smallest absolute Gasteiger partial charge is 0.338 e. The van der Waals surface area contributed by atoms with Crippen LogP contribution in [-0.2, 0) is 12.8 Å².